The maximum absolute atomic E-state index is 12.5. The summed E-state index contributed by atoms with van der Waals surface area (Å²) in [6.45, 7) is 4.73. The van der Waals surface area contributed by atoms with Crippen molar-refractivity contribution >= 4 is 11.9 Å². The van der Waals surface area contributed by atoms with Crippen LogP contribution in [0.3, 0.4) is 0 Å². The minimum atomic E-state index is -0.232. The Morgan fingerprint density at radius 2 is 1.61 bits per heavy atom. The molecular formula is C22H21N5O. The van der Waals surface area contributed by atoms with Crippen LogP contribution in [0, 0.1) is 13.8 Å². The summed E-state index contributed by atoms with van der Waals surface area (Å²) < 4.78 is 3.85. The van der Waals surface area contributed by atoms with Crippen LogP contribution in [0.25, 0.3) is 5.69 Å². The zero-order chi connectivity index (χ0) is 19.5. The largest absolute Gasteiger partial charge is 0.319 e. The van der Waals surface area contributed by atoms with Crippen LogP contribution >= 0.6 is 0 Å². The number of rotatable bonds is 5. The second-order valence-corrected chi connectivity index (χ2v) is 6.70. The van der Waals surface area contributed by atoms with Gasteiger partial charge in [0.15, 0.2) is 0 Å². The fraction of sp³-hybridized carbons (Fsp3) is 0.136. The zero-order valence-electron chi connectivity index (χ0n) is 15.8. The summed E-state index contributed by atoms with van der Waals surface area (Å²) in [5, 5.41) is 7.07. The molecule has 0 bridgehead atoms. The number of carbonyl (C=O) groups is 1. The van der Waals surface area contributed by atoms with E-state index in [0.717, 1.165) is 22.6 Å². The normalized spacial score (nSPS) is 10.8. The standard InChI is InChI=1S/C22H21N5O/c1-16-8-9-17(2)27(16)20-12-10-19(11-13-20)21(28)24-22-23-15-26(25-22)14-18-6-4-3-5-7-18/h3-13,15H,14H2,1-2H3,(H,24,25,28). The number of carbonyl (C=O) groups excluding carboxylic acids is 1. The predicted octanol–water partition coefficient (Wildman–Crippen LogP) is 3.99. The van der Waals surface area contributed by atoms with Crippen LogP contribution in [0.2, 0.25) is 0 Å². The number of aromatic nitrogens is 4. The molecule has 1 amide bonds. The molecule has 0 aliphatic carbocycles. The highest BCUT2D eigenvalue weighted by atomic mass is 16.1. The molecule has 28 heavy (non-hydrogen) atoms. The fourth-order valence-corrected chi connectivity index (χ4v) is 3.21. The Balaban J connectivity index is 1.44. The summed E-state index contributed by atoms with van der Waals surface area (Å²) in [5.41, 5.74) is 5.02. The van der Waals surface area contributed by atoms with E-state index in [1.165, 1.54) is 0 Å². The minimum Gasteiger partial charge on any atom is -0.319 e. The lowest BCUT2D eigenvalue weighted by Gasteiger charge is -2.10. The molecule has 6 heteroatoms. The first kappa shape index (κ1) is 17.7. The second-order valence-electron chi connectivity index (χ2n) is 6.70. The molecule has 2 aromatic carbocycles. The maximum atomic E-state index is 12.5. The van der Waals surface area contributed by atoms with E-state index in [4.69, 9.17) is 0 Å². The van der Waals surface area contributed by atoms with E-state index in [1.807, 2.05) is 54.6 Å². The van der Waals surface area contributed by atoms with Gasteiger partial charge in [0.05, 0.1) is 6.54 Å². The summed E-state index contributed by atoms with van der Waals surface area (Å²) in [6.07, 6.45) is 1.61. The number of benzene rings is 2. The molecule has 0 unspecified atom stereocenters. The van der Waals surface area contributed by atoms with Crippen LogP contribution in [0.5, 0.6) is 0 Å². The first-order chi connectivity index (χ1) is 13.6. The highest BCUT2D eigenvalue weighted by Gasteiger charge is 2.10. The van der Waals surface area contributed by atoms with Crippen LogP contribution in [0.4, 0.5) is 5.95 Å². The Hall–Kier alpha value is -3.67. The van der Waals surface area contributed by atoms with E-state index in [2.05, 4.69) is 45.9 Å². The van der Waals surface area contributed by atoms with Crippen molar-refractivity contribution in [1.82, 2.24) is 19.3 Å². The molecule has 6 nitrogen and oxygen atoms in total. The lowest BCUT2D eigenvalue weighted by molar-refractivity contribution is 0.102. The predicted molar refractivity (Wildman–Crippen MR) is 109 cm³/mol. The molecular weight excluding hydrogens is 350 g/mol. The monoisotopic (exact) mass is 371 g/mol. The van der Waals surface area contributed by atoms with Gasteiger partial charge in [-0.05, 0) is 55.8 Å². The number of nitrogens with one attached hydrogen (secondary N) is 1. The fourth-order valence-electron chi connectivity index (χ4n) is 3.21. The van der Waals surface area contributed by atoms with Gasteiger partial charge in [0.2, 0.25) is 5.95 Å². The molecule has 140 valence electrons. The minimum absolute atomic E-state index is 0.232. The third-order valence-electron chi connectivity index (χ3n) is 4.61. The molecule has 0 saturated heterocycles. The Morgan fingerprint density at radius 1 is 0.929 bits per heavy atom. The molecule has 0 fully saturated rings. The zero-order valence-corrected chi connectivity index (χ0v) is 15.8. The molecule has 4 aromatic rings. The number of nitrogens with zero attached hydrogens (tertiary/aromatic N) is 4. The van der Waals surface area contributed by atoms with Crippen molar-refractivity contribution in [3.05, 3.63) is 95.6 Å². The van der Waals surface area contributed by atoms with Gasteiger partial charge in [-0.3, -0.25) is 10.1 Å². The average Bonchev–Trinajstić information content (AvgIpc) is 3.28. The summed E-state index contributed by atoms with van der Waals surface area (Å²) in [7, 11) is 0. The molecule has 0 radical (unpaired) electrons. The number of hydrogen-bond acceptors (Lipinski definition) is 3. The van der Waals surface area contributed by atoms with Crippen LogP contribution in [0.1, 0.15) is 27.3 Å². The quantitative estimate of drug-likeness (QED) is 0.577. The van der Waals surface area contributed by atoms with Crippen molar-refractivity contribution in [2.24, 2.45) is 0 Å². The molecule has 2 aromatic heterocycles. The highest BCUT2D eigenvalue weighted by molar-refractivity contribution is 6.03. The molecule has 0 saturated carbocycles. The third-order valence-corrected chi connectivity index (χ3v) is 4.61. The van der Waals surface area contributed by atoms with Crippen molar-refractivity contribution < 1.29 is 4.79 Å². The Labute approximate surface area is 163 Å². The number of aryl methyl sites for hydroxylation is 2. The third kappa shape index (κ3) is 3.71. The Bertz CT molecular complexity index is 1070. The maximum Gasteiger partial charge on any atom is 0.258 e. The van der Waals surface area contributed by atoms with Gasteiger partial charge in [-0.1, -0.05) is 30.3 Å². The van der Waals surface area contributed by atoms with E-state index >= 15 is 0 Å². The summed E-state index contributed by atoms with van der Waals surface area (Å²) in [6, 6.07) is 21.6. The first-order valence-electron chi connectivity index (χ1n) is 9.10. The van der Waals surface area contributed by atoms with Crippen LogP contribution in [-0.2, 0) is 6.54 Å². The summed E-state index contributed by atoms with van der Waals surface area (Å²) in [5.74, 6) is 0.0621. The van der Waals surface area contributed by atoms with E-state index in [9.17, 15) is 4.79 Å². The van der Waals surface area contributed by atoms with Gasteiger partial charge in [-0.2, -0.15) is 0 Å². The lowest BCUT2D eigenvalue weighted by atomic mass is 10.2. The van der Waals surface area contributed by atoms with Crippen molar-refractivity contribution in [3.63, 3.8) is 0 Å². The SMILES string of the molecule is Cc1ccc(C)n1-c1ccc(C(=O)Nc2ncn(Cc3ccccc3)n2)cc1. The Kier molecular flexibility index (Phi) is 4.76. The topological polar surface area (TPSA) is 64.7 Å². The van der Waals surface area contributed by atoms with Crippen LogP contribution in [0.15, 0.2) is 73.1 Å². The van der Waals surface area contributed by atoms with E-state index < -0.39 is 0 Å². The molecule has 4 rings (SSSR count). The average molecular weight is 371 g/mol. The lowest BCUT2D eigenvalue weighted by Crippen LogP contribution is -2.13. The van der Waals surface area contributed by atoms with Crippen molar-refractivity contribution in [2.75, 3.05) is 5.32 Å². The van der Waals surface area contributed by atoms with Crippen molar-refractivity contribution in [2.45, 2.75) is 20.4 Å². The van der Waals surface area contributed by atoms with Gasteiger partial charge in [0.25, 0.3) is 5.91 Å². The highest BCUT2D eigenvalue weighted by Crippen LogP contribution is 2.17. The first-order valence-corrected chi connectivity index (χ1v) is 9.10. The number of hydrogen-bond donors (Lipinski definition) is 1. The van der Waals surface area contributed by atoms with Crippen molar-refractivity contribution in [3.8, 4) is 5.69 Å². The van der Waals surface area contributed by atoms with Crippen molar-refractivity contribution in [1.29, 1.82) is 0 Å². The molecule has 0 atom stereocenters. The summed E-state index contributed by atoms with van der Waals surface area (Å²) in [4.78, 5) is 16.7. The smallest absolute Gasteiger partial charge is 0.258 e. The molecule has 0 aliphatic heterocycles. The second kappa shape index (κ2) is 7.52. The summed E-state index contributed by atoms with van der Waals surface area (Å²) >= 11 is 0. The number of amides is 1. The van der Waals surface area contributed by atoms with E-state index in [-0.39, 0.29) is 5.91 Å². The molecule has 0 aliphatic rings. The molecule has 2 heterocycles. The van der Waals surface area contributed by atoms with E-state index in [1.54, 1.807) is 11.0 Å². The van der Waals surface area contributed by atoms with Gasteiger partial charge in [0.1, 0.15) is 6.33 Å². The number of anilines is 1. The Morgan fingerprint density at radius 3 is 2.29 bits per heavy atom. The van der Waals surface area contributed by atoms with Gasteiger partial charge in [-0.25, -0.2) is 9.67 Å². The molecule has 1 N–H and O–H groups in total. The van der Waals surface area contributed by atoms with Gasteiger partial charge < -0.3 is 4.57 Å². The van der Waals surface area contributed by atoms with Gasteiger partial charge in [-0.15, -0.1) is 5.10 Å². The van der Waals surface area contributed by atoms with Crippen LogP contribution in [-0.4, -0.2) is 25.2 Å². The van der Waals surface area contributed by atoms with Gasteiger partial charge in [0, 0.05) is 22.6 Å². The van der Waals surface area contributed by atoms with E-state index in [0.29, 0.717) is 18.1 Å². The van der Waals surface area contributed by atoms with Crippen LogP contribution < -0.4 is 5.32 Å². The molecule has 0 spiro atoms. The van der Waals surface area contributed by atoms with Gasteiger partial charge >= 0.3 is 0 Å².